The average molecular weight is 198 g/mol. The Hall–Kier alpha value is -0.830. The molecular formula is C11H18O3. The minimum Gasteiger partial charge on any atom is -0.459 e. The van der Waals surface area contributed by atoms with Gasteiger partial charge in [-0.3, -0.25) is 4.79 Å². The highest BCUT2D eigenvalue weighted by Crippen LogP contribution is 2.28. The molecule has 1 heterocycles. The number of hydrogen-bond acceptors (Lipinski definition) is 3. The first kappa shape index (κ1) is 11.2. The topological polar surface area (TPSA) is 35.5 Å². The summed E-state index contributed by atoms with van der Waals surface area (Å²) in [6, 6.07) is 0. The Bertz CT molecular complexity index is 225. The summed E-state index contributed by atoms with van der Waals surface area (Å²) in [5.41, 5.74) is 0. The smallest absolute Gasteiger partial charge is 0.309 e. The van der Waals surface area contributed by atoms with Gasteiger partial charge >= 0.3 is 5.97 Å². The Balaban J connectivity index is 2.69. The maximum Gasteiger partial charge on any atom is 0.309 e. The number of carbonyl (C=O) groups excluding carboxylic acids is 1. The van der Waals surface area contributed by atoms with Crippen molar-refractivity contribution in [3.8, 4) is 0 Å². The lowest BCUT2D eigenvalue weighted by molar-refractivity contribution is -0.172. The third-order valence-electron chi connectivity index (χ3n) is 2.77. The fourth-order valence-electron chi connectivity index (χ4n) is 1.91. The Kier molecular flexibility index (Phi) is 3.69. The first-order valence-electron chi connectivity index (χ1n) is 4.96. The van der Waals surface area contributed by atoms with Crippen LogP contribution in [0.15, 0.2) is 12.7 Å². The molecule has 0 aromatic heterocycles. The summed E-state index contributed by atoms with van der Waals surface area (Å²) >= 11 is 0. The quantitative estimate of drug-likeness (QED) is 0.512. The van der Waals surface area contributed by atoms with Crippen molar-refractivity contribution in [3.63, 3.8) is 0 Å². The molecule has 0 N–H and O–H groups in total. The molecule has 0 bridgehead atoms. The van der Waals surface area contributed by atoms with E-state index in [-0.39, 0.29) is 24.1 Å². The van der Waals surface area contributed by atoms with Crippen molar-refractivity contribution in [2.75, 3.05) is 7.11 Å². The number of ether oxygens (including phenoxy) is 2. The zero-order valence-electron chi connectivity index (χ0n) is 9.03. The molecule has 14 heavy (non-hydrogen) atoms. The van der Waals surface area contributed by atoms with Crippen LogP contribution in [0.5, 0.6) is 0 Å². The van der Waals surface area contributed by atoms with Crippen molar-refractivity contribution in [1.29, 1.82) is 0 Å². The number of hydrogen-bond donors (Lipinski definition) is 0. The largest absolute Gasteiger partial charge is 0.459 e. The van der Waals surface area contributed by atoms with E-state index in [2.05, 4.69) is 13.5 Å². The van der Waals surface area contributed by atoms with Gasteiger partial charge < -0.3 is 9.47 Å². The van der Waals surface area contributed by atoms with Gasteiger partial charge in [0, 0.05) is 7.11 Å². The maximum absolute atomic E-state index is 11.4. The van der Waals surface area contributed by atoms with E-state index < -0.39 is 0 Å². The van der Waals surface area contributed by atoms with Crippen LogP contribution in [0.3, 0.4) is 0 Å². The molecule has 1 aliphatic rings. The van der Waals surface area contributed by atoms with E-state index in [0.717, 1.165) is 6.42 Å². The van der Waals surface area contributed by atoms with Gasteiger partial charge in [0.05, 0.1) is 5.92 Å². The van der Waals surface area contributed by atoms with Gasteiger partial charge in [0.15, 0.2) is 0 Å². The molecule has 2 unspecified atom stereocenters. The van der Waals surface area contributed by atoms with Gasteiger partial charge in [-0.1, -0.05) is 19.9 Å². The van der Waals surface area contributed by atoms with Crippen LogP contribution in [-0.4, -0.2) is 25.3 Å². The predicted octanol–water partition coefficient (Wildman–Crippen LogP) is 1.78. The summed E-state index contributed by atoms with van der Waals surface area (Å²) in [5.74, 6) is 0.200. The van der Waals surface area contributed by atoms with Crippen molar-refractivity contribution < 1.29 is 14.3 Å². The minimum atomic E-state index is -0.193. The molecule has 4 atom stereocenters. The Morgan fingerprint density at radius 1 is 1.64 bits per heavy atom. The van der Waals surface area contributed by atoms with Crippen LogP contribution in [0.4, 0.5) is 0 Å². The summed E-state index contributed by atoms with van der Waals surface area (Å²) in [7, 11) is 1.60. The zero-order chi connectivity index (χ0) is 10.7. The van der Waals surface area contributed by atoms with Crippen molar-refractivity contribution >= 4 is 5.97 Å². The van der Waals surface area contributed by atoms with Gasteiger partial charge in [-0.15, -0.1) is 6.58 Å². The predicted molar refractivity (Wildman–Crippen MR) is 53.8 cm³/mol. The van der Waals surface area contributed by atoms with Crippen LogP contribution in [0.25, 0.3) is 0 Å². The van der Waals surface area contributed by atoms with Crippen LogP contribution in [0, 0.1) is 11.8 Å². The molecule has 3 nitrogen and oxygen atoms in total. The molecule has 0 saturated carbocycles. The van der Waals surface area contributed by atoms with Gasteiger partial charge in [-0.2, -0.15) is 0 Å². The monoisotopic (exact) mass is 198 g/mol. The molecule has 3 heteroatoms. The summed E-state index contributed by atoms with van der Waals surface area (Å²) < 4.78 is 10.5. The fraction of sp³-hybridized carbons (Fsp3) is 0.727. The second kappa shape index (κ2) is 4.60. The normalized spacial score (nSPS) is 34.8. The van der Waals surface area contributed by atoms with E-state index in [1.54, 1.807) is 13.2 Å². The second-order valence-electron chi connectivity index (χ2n) is 3.95. The van der Waals surface area contributed by atoms with E-state index in [1.165, 1.54) is 0 Å². The molecule has 0 radical (unpaired) electrons. The second-order valence-corrected chi connectivity index (χ2v) is 3.95. The van der Waals surface area contributed by atoms with E-state index >= 15 is 0 Å². The van der Waals surface area contributed by atoms with Crippen LogP contribution in [-0.2, 0) is 14.3 Å². The summed E-state index contributed by atoms with van der Waals surface area (Å²) in [5, 5.41) is 0. The average Bonchev–Trinajstić information content (AvgIpc) is 2.15. The van der Waals surface area contributed by atoms with Crippen LogP contribution in [0.2, 0.25) is 0 Å². The van der Waals surface area contributed by atoms with Crippen molar-refractivity contribution in [2.45, 2.75) is 32.5 Å². The third-order valence-corrected chi connectivity index (χ3v) is 2.77. The van der Waals surface area contributed by atoms with Gasteiger partial charge in [0.1, 0.15) is 12.2 Å². The first-order valence-corrected chi connectivity index (χ1v) is 4.96. The van der Waals surface area contributed by atoms with Gasteiger partial charge in [0.2, 0.25) is 0 Å². The molecular weight excluding hydrogens is 180 g/mol. The highest BCUT2D eigenvalue weighted by Gasteiger charge is 2.36. The zero-order valence-corrected chi connectivity index (χ0v) is 9.03. The molecule has 1 aliphatic heterocycles. The van der Waals surface area contributed by atoms with Crippen molar-refractivity contribution in [3.05, 3.63) is 12.7 Å². The van der Waals surface area contributed by atoms with E-state index in [0.29, 0.717) is 5.92 Å². The lowest BCUT2D eigenvalue weighted by Crippen LogP contribution is -2.43. The van der Waals surface area contributed by atoms with E-state index in [4.69, 9.17) is 9.47 Å². The number of methoxy groups -OCH3 is 1. The van der Waals surface area contributed by atoms with Crippen LogP contribution >= 0.6 is 0 Å². The van der Waals surface area contributed by atoms with Crippen molar-refractivity contribution in [1.82, 2.24) is 0 Å². The molecule has 0 amide bonds. The van der Waals surface area contributed by atoms with Gasteiger partial charge in [-0.25, -0.2) is 0 Å². The minimum absolute atomic E-state index is 0.00331. The van der Waals surface area contributed by atoms with Crippen LogP contribution in [0.1, 0.15) is 20.3 Å². The molecule has 0 spiro atoms. The van der Waals surface area contributed by atoms with Gasteiger partial charge in [0.25, 0.3) is 0 Å². The fourth-order valence-corrected chi connectivity index (χ4v) is 1.91. The number of carbonyl (C=O) groups is 1. The number of esters is 1. The molecule has 0 aromatic rings. The highest BCUT2D eigenvalue weighted by molar-refractivity contribution is 5.73. The van der Waals surface area contributed by atoms with E-state index in [1.807, 2.05) is 6.92 Å². The molecule has 1 rings (SSSR count). The Morgan fingerprint density at radius 2 is 2.29 bits per heavy atom. The van der Waals surface area contributed by atoms with Crippen molar-refractivity contribution in [2.24, 2.45) is 11.8 Å². The lowest BCUT2D eigenvalue weighted by Gasteiger charge is -2.35. The SMILES string of the molecule is C=C[C@H](OC)C1OC(=O)C(C)C[C@H]1C. The van der Waals surface area contributed by atoms with Gasteiger partial charge in [-0.05, 0) is 12.3 Å². The maximum atomic E-state index is 11.4. The number of rotatable bonds is 3. The first-order chi connectivity index (χ1) is 6.60. The third kappa shape index (κ3) is 2.15. The standard InChI is InChI=1S/C11H18O3/c1-5-9(13-4)10-7(2)6-8(3)11(12)14-10/h5,7-10H,1,6H2,2-4H3/t7-,8?,9+,10?/m1/s1. The summed E-state index contributed by atoms with van der Waals surface area (Å²) in [4.78, 5) is 11.4. The molecule has 1 saturated heterocycles. The van der Waals surface area contributed by atoms with Crippen LogP contribution < -0.4 is 0 Å². The Labute approximate surface area is 85.1 Å². The molecule has 0 aromatic carbocycles. The lowest BCUT2D eigenvalue weighted by atomic mass is 9.87. The molecule has 80 valence electrons. The Morgan fingerprint density at radius 3 is 2.79 bits per heavy atom. The molecule has 1 fully saturated rings. The number of cyclic esters (lactones) is 1. The van der Waals surface area contributed by atoms with E-state index in [9.17, 15) is 4.79 Å². The summed E-state index contributed by atoms with van der Waals surface area (Å²) in [6.45, 7) is 7.64. The molecule has 0 aliphatic carbocycles. The summed E-state index contributed by atoms with van der Waals surface area (Å²) in [6.07, 6.45) is 2.17. The highest BCUT2D eigenvalue weighted by atomic mass is 16.6.